The van der Waals surface area contributed by atoms with Crippen molar-refractivity contribution in [2.24, 2.45) is 7.05 Å². The van der Waals surface area contributed by atoms with Gasteiger partial charge < -0.3 is 28.8 Å². The molecule has 0 spiro atoms. The number of ether oxygens (including phenoxy) is 5. The lowest BCUT2D eigenvalue weighted by Crippen LogP contribution is -2.40. The molecule has 20 nitrogen and oxygen atoms in total. The van der Waals surface area contributed by atoms with Gasteiger partial charge in [-0.25, -0.2) is 33.5 Å². The molecule has 2 aromatic carbocycles. The number of carboxylic acids is 1. The van der Waals surface area contributed by atoms with Gasteiger partial charge in [0.25, 0.3) is 15.6 Å². The second kappa shape index (κ2) is 20.9. The van der Waals surface area contributed by atoms with Crippen molar-refractivity contribution < 1.29 is 77.9 Å². The fraction of sp³-hybridized carbons (Fsp3) is 0.282. The normalized spacial score (nSPS) is 11.9. The van der Waals surface area contributed by atoms with Crippen molar-refractivity contribution in [3.63, 3.8) is 0 Å². The van der Waals surface area contributed by atoms with E-state index in [1.54, 1.807) is 6.92 Å². The molecule has 354 valence electrons. The number of aryl methyl sites for hydroxylation is 1. The van der Waals surface area contributed by atoms with Crippen molar-refractivity contribution in [3.8, 4) is 28.9 Å². The lowest BCUT2D eigenvalue weighted by atomic mass is 10.1. The first-order valence-electron chi connectivity index (χ1n) is 18.5. The first-order chi connectivity index (χ1) is 30.8. The third-order valence-corrected chi connectivity index (χ3v) is 9.94. The molecular weight excluding hydrogens is 921 g/mol. The minimum atomic E-state index is -5.14. The summed E-state index contributed by atoms with van der Waals surface area (Å²) in [7, 11) is -0.445. The van der Waals surface area contributed by atoms with E-state index in [4.69, 9.17) is 28.8 Å². The van der Waals surface area contributed by atoms with Gasteiger partial charge in [-0.1, -0.05) is 19.1 Å². The van der Waals surface area contributed by atoms with Crippen LogP contribution in [0.2, 0.25) is 0 Å². The lowest BCUT2D eigenvalue weighted by molar-refractivity contribution is -0.148. The monoisotopic (exact) mass is 957 g/mol. The summed E-state index contributed by atoms with van der Waals surface area (Å²) in [5.41, 5.74) is -4.56. The van der Waals surface area contributed by atoms with E-state index in [0.29, 0.717) is 44.4 Å². The number of hydrogen-bond donors (Lipinski definition) is 3. The van der Waals surface area contributed by atoms with Crippen molar-refractivity contribution in [2.45, 2.75) is 50.4 Å². The van der Waals surface area contributed by atoms with E-state index in [2.05, 4.69) is 15.0 Å². The average molecular weight is 958 g/mol. The van der Waals surface area contributed by atoms with Crippen LogP contribution in [0.1, 0.15) is 46.7 Å². The molecule has 1 atom stereocenters. The minimum Gasteiger partial charge on any atom is -0.489 e. The summed E-state index contributed by atoms with van der Waals surface area (Å²) >= 11 is 0. The molecule has 0 saturated heterocycles. The Morgan fingerprint density at radius 3 is 2.00 bits per heavy atom. The summed E-state index contributed by atoms with van der Waals surface area (Å²) in [5, 5.41) is 9.44. The second-order valence-electron chi connectivity index (χ2n) is 13.1. The van der Waals surface area contributed by atoms with Gasteiger partial charge in [-0.05, 0) is 61.4 Å². The van der Waals surface area contributed by atoms with Gasteiger partial charge in [-0.3, -0.25) is 14.7 Å². The number of hydrogen-bond acceptors (Lipinski definition) is 15. The molecule has 2 amide bonds. The molecule has 0 radical (unpaired) electrons. The average Bonchev–Trinajstić information content (AvgIpc) is 3.26. The standard InChI is InChI=1S/C25H25F3N2O6.C14H12F3N5O7S/c1-5-16-6-7-17(20(12-16)36-15(2)23(32)34-4)14-35-19-10-8-18(9-11-19)30-22(31)13-21(25(26,27)28)29(3)24(30)33;1-28-8-5-9(29-2)20-12(19-8)21-13(25)22-30(26,27)10-6(11(23)24)3-4-7(18-10)14(15,16)17/h6-13,15H,5,14H2,1-4H3;3-5H,1-2H3,(H,23,24)(H2,19,20,21,22,25). The summed E-state index contributed by atoms with van der Waals surface area (Å²) in [4.78, 5) is 69.9. The highest BCUT2D eigenvalue weighted by molar-refractivity contribution is 7.90. The Bertz CT molecular complexity index is 2810. The molecule has 3 N–H and O–H groups in total. The van der Waals surface area contributed by atoms with Crippen LogP contribution in [-0.2, 0) is 52.0 Å². The number of sulfonamides is 1. The van der Waals surface area contributed by atoms with Crippen LogP contribution in [0.5, 0.6) is 23.3 Å². The van der Waals surface area contributed by atoms with Gasteiger partial charge in [-0.2, -0.15) is 44.7 Å². The van der Waals surface area contributed by atoms with E-state index in [-0.39, 0.29) is 24.1 Å². The summed E-state index contributed by atoms with van der Waals surface area (Å²) < 4.78 is 131. The SMILES string of the molecule is CCc1ccc(COc2ccc(-n3c(=O)cc(C(F)(F)F)n(C)c3=O)cc2)c(OC(C)C(=O)OC)c1.COc1cc(OC)nc(NC(=O)NS(=O)(=O)c2nc(C(F)(F)F)ccc2C(=O)O)n1. The van der Waals surface area contributed by atoms with E-state index in [1.807, 2.05) is 30.4 Å². The zero-order chi connectivity index (χ0) is 49.3. The molecule has 0 bridgehead atoms. The number of carbonyl (C=O) groups is 3. The fourth-order valence-electron chi connectivity index (χ4n) is 5.37. The van der Waals surface area contributed by atoms with E-state index >= 15 is 0 Å². The van der Waals surface area contributed by atoms with Gasteiger partial charge >= 0.3 is 36.0 Å². The van der Waals surface area contributed by atoms with Crippen molar-refractivity contribution >= 4 is 33.9 Å². The largest absolute Gasteiger partial charge is 0.489 e. The molecule has 3 heterocycles. The Balaban J connectivity index is 0.000000294. The number of carboxylic acid groups (broad SMARTS) is 1. The number of nitrogens with zero attached hydrogens (tertiary/aromatic N) is 5. The number of esters is 1. The van der Waals surface area contributed by atoms with Crippen LogP contribution in [0.4, 0.5) is 37.1 Å². The Morgan fingerprint density at radius 1 is 0.848 bits per heavy atom. The Labute approximate surface area is 368 Å². The highest BCUT2D eigenvalue weighted by atomic mass is 32.2. The number of carbonyl (C=O) groups excluding carboxylic acids is 2. The smallest absolute Gasteiger partial charge is 0.433 e. The number of benzene rings is 2. The number of aromatic carboxylic acids is 1. The van der Waals surface area contributed by atoms with Gasteiger partial charge in [0.05, 0.1) is 38.6 Å². The second-order valence-corrected chi connectivity index (χ2v) is 14.7. The highest BCUT2D eigenvalue weighted by Crippen LogP contribution is 2.30. The molecule has 0 aliphatic carbocycles. The van der Waals surface area contributed by atoms with Crippen LogP contribution in [0.15, 0.2) is 81.3 Å². The number of pyridine rings is 1. The fourth-order valence-corrected chi connectivity index (χ4v) is 6.43. The Morgan fingerprint density at radius 2 is 1.47 bits per heavy atom. The molecule has 3 aromatic heterocycles. The van der Waals surface area contributed by atoms with Crippen molar-refractivity contribution in [1.82, 2.24) is 28.8 Å². The van der Waals surface area contributed by atoms with Gasteiger partial charge in [0.1, 0.15) is 29.5 Å². The summed E-state index contributed by atoms with van der Waals surface area (Å²) in [6, 6.07) is 12.1. The van der Waals surface area contributed by atoms with Crippen LogP contribution in [-0.4, -0.2) is 83.0 Å². The quantitative estimate of drug-likeness (QED) is 0.100. The molecule has 0 aliphatic heterocycles. The molecule has 0 fully saturated rings. The zero-order valence-corrected chi connectivity index (χ0v) is 35.9. The van der Waals surface area contributed by atoms with E-state index < -0.39 is 85.6 Å². The Hall–Kier alpha value is -7.71. The number of anilines is 1. The summed E-state index contributed by atoms with van der Waals surface area (Å²) in [6.45, 7) is 3.63. The van der Waals surface area contributed by atoms with Crippen LogP contribution in [0, 0.1) is 0 Å². The molecule has 5 rings (SSSR count). The first kappa shape index (κ1) is 50.9. The van der Waals surface area contributed by atoms with Gasteiger partial charge in [0.15, 0.2) is 11.1 Å². The first-order valence-corrected chi connectivity index (χ1v) is 19.9. The number of urea groups is 1. The van der Waals surface area contributed by atoms with Crippen LogP contribution < -0.4 is 40.2 Å². The molecule has 66 heavy (non-hydrogen) atoms. The van der Waals surface area contributed by atoms with Crippen molar-refractivity contribution in [2.75, 3.05) is 26.6 Å². The van der Waals surface area contributed by atoms with Crippen LogP contribution in [0.25, 0.3) is 5.69 Å². The maximum absolute atomic E-state index is 13.1. The van der Waals surface area contributed by atoms with E-state index in [1.165, 1.54) is 56.4 Å². The van der Waals surface area contributed by atoms with E-state index in [9.17, 15) is 58.7 Å². The van der Waals surface area contributed by atoms with Gasteiger partial charge in [-0.15, -0.1) is 0 Å². The number of nitrogens with one attached hydrogen (secondary N) is 2. The molecular formula is C39H37F6N7O13S. The van der Waals surface area contributed by atoms with Crippen LogP contribution >= 0.6 is 0 Å². The predicted molar refractivity (Wildman–Crippen MR) is 215 cm³/mol. The maximum Gasteiger partial charge on any atom is 0.433 e. The van der Waals surface area contributed by atoms with Gasteiger partial charge in [0, 0.05) is 18.7 Å². The van der Waals surface area contributed by atoms with Crippen molar-refractivity contribution in [3.05, 3.63) is 116 Å². The third kappa shape index (κ3) is 12.7. The van der Waals surface area contributed by atoms with E-state index in [0.717, 1.165) is 19.0 Å². The minimum absolute atomic E-state index is 0.0623. The van der Waals surface area contributed by atoms with Gasteiger partial charge in [0.2, 0.25) is 17.7 Å². The lowest BCUT2D eigenvalue weighted by Gasteiger charge is -2.17. The third-order valence-electron chi connectivity index (χ3n) is 8.66. The number of halogens is 6. The molecule has 5 aromatic rings. The number of methoxy groups -OCH3 is 3. The molecule has 0 saturated carbocycles. The topological polar surface area (TPSA) is 258 Å². The highest BCUT2D eigenvalue weighted by Gasteiger charge is 2.37. The molecule has 27 heteroatoms. The number of amides is 2. The molecule has 1 unspecified atom stereocenters. The summed E-state index contributed by atoms with van der Waals surface area (Å²) in [6.07, 6.45) is -9.97. The predicted octanol–water partition coefficient (Wildman–Crippen LogP) is 4.75. The Kier molecular flexibility index (Phi) is 16.1. The zero-order valence-electron chi connectivity index (χ0n) is 35.1. The summed E-state index contributed by atoms with van der Waals surface area (Å²) in [5.74, 6) is -2.16. The number of rotatable bonds is 14. The number of alkyl halides is 6. The maximum atomic E-state index is 13.1. The number of aromatic nitrogens is 5. The van der Waals surface area contributed by atoms with Crippen LogP contribution in [0.3, 0.4) is 0 Å². The molecule has 0 aliphatic rings. The van der Waals surface area contributed by atoms with Crippen molar-refractivity contribution in [1.29, 1.82) is 0 Å².